The fraction of sp³-hybridized carbons (Fsp3) is 0.231. The molecule has 104 valence electrons. The highest BCUT2D eigenvalue weighted by Crippen LogP contribution is 2.28. The van der Waals surface area contributed by atoms with Crippen molar-refractivity contribution in [1.82, 2.24) is 14.8 Å². The minimum absolute atomic E-state index is 0.0162. The fourth-order valence-corrected chi connectivity index (χ4v) is 2.57. The molecule has 2 aromatic rings. The molecule has 1 aromatic heterocycles. The lowest BCUT2D eigenvalue weighted by Gasteiger charge is -2.09. The van der Waals surface area contributed by atoms with Gasteiger partial charge in [0.05, 0.1) is 0 Å². The van der Waals surface area contributed by atoms with Gasteiger partial charge in [-0.3, -0.25) is 24.2 Å². The van der Waals surface area contributed by atoms with Crippen molar-refractivity contribution in [2.24, 2.45) is 7.05 Å². The zero-order valence-electron chi connectivity index (χ0n) is 11.0. The minimum atomic E-state index is -0.843. The number of nitrogens with zero attached hydrogens (tertiary/aromatic N) is 2. The van der Waals surface area contributed by atoms with Gasteiger partial charge in [-0.1, -0.05) is 25.1 Å². The van der Waals surface area contributed by atoms with Crippen molar-refractivity contribution < 1.29 is 4.79 Å². The molecule has 0 bridgehead atoms. The van der Waals surface area contributed by atoms with Crippen LogP contribution in [0.25, 0.3) is 0 Å². The Morgan fingerprint density at radius 1 is 1.35 bits per heavy atom. The molecule has 20 heavy (non-hydrogen) atoms. The molecule has 0 amide bonds. The minimum Gasteiger partial charge on any atom is -0.294 e. The first-order valence-electron chi connectivity index (χ1n) is 6.00. The zero-order valence-corrected chi connectivity index (χ0v) is 11.9. The third-order valence-electron chi connectivity index (χ3n) is 2.66. The number of Topliss-reactive ketones (excluding diaryl/α,β-unsaturated/α-hetero) is 1. The Hall–Kier alpha value is -2.15. The van der Waals surface area contributed by atoms with Crippen molar-refractivity contribution in [2.45, 2.75) is 23.4 Å². The Bertz CT molecular complexity index is 764. The number of nitrogens with one attached hydrogen (secondary N) is 1. The number of ketones is 1. The van der Waals surface area contributed by atoms with Crippen LogP contribution in [0.4, 0.5) is 0 Å². The molecule has 0 aliphatic heterocycles. The summed E-state index contributed by atoms with van der Waals surface area (Å²) in [5.41, 5.74) is -1.03. The number of aromatic nitrogens is 3. The SMILES string of the molecule is CCC(=O)c1ccccc1Sc1nc(=O)c(=O)[nH]n1C. The van der Waals surface area contributed by atoms with E-state index >= 15 is 0 Å². The largest absolute Gasteiger partial charge is 0.339 e. The Labute approximate surface area is 118 Å². The maximum absolute atomic E-state index is 11.9. The maximum Gasteiger partial charge on any atom is 0.339 e. The molecule has 1 N–H and O–H groups in total. The average molecular weight is 291 g/mol. The quantitative estimate of drug-likeness (QED) is 0.676. The van der Waals surface area contributed by atoms with Crippen LogP contribution in [0.3, 0.4) is 0 Å². The van der Waals surface area contributed by atoms with E-state index in [1.54, 1.807) is 38.2 Å². The van der Waals surface area contributed by atoms with Gasteiger partial charge in [-0.15, -0.1) is 0 Å². The van der Waals surface area contributed by atoms with E-state index in [-0.39, 0.29) is 5.78 Å². The molecule has 1 heterocycles. The number of aromatic amines is 1. The van der Waals surface area contributed by atoms with E-state index in [1.807, 2.05) is 0 Å². The smallest absolute Gasteiger partial charge is 0.294 e. The van der Waals surface area contributed by atoms with Crippen molar-refractivity contribution in [3.05, 3.63) is 50.5 Å². The molecule has 0 atom stereocenters. The summed E-state index contributed by atoms with van der Waals surface area (Å²) >= 11 is 1.17. The molecular formula is C13H13N3O3S. The summed E-state index contributed by atoms with van der Waals surface area (Å²) in [5.74, 6) is 0.0162. The van der Waals surface area contributed by atoms with Gasteiger partial charge in [0.2, 0.25) is 0 Å². The van der Waals surface area contributed by atoms with Gasteiger partial charge in [0.1, 0.15) is 0 Å². The highest BCUT2D eigenvalue weighted by molar-refractivity contribution is 7.99. The number of aryl methyl sites for hydroxylation is 1. The third kappa shape index (κ3) is 2.88. The molecule has 0 saturated heterocycles. The standard InChI is InChI=1S/C13H13N3O3S/c1-3-9(17)8-6-4-5-7-10(8)20-13-14-11(18)12(19)15-16(13)2/h4-7H,3H2,1-2H3,(H,15,19). The Morgan fingerprint density at radius 3 is 2.75 bits per heavy atom. The number of H-pyrrole nitrogens is 1. The molecular weight excluding hydrogens is 278 g/mol. The fourth-order valence-electron chi connectivity index (χ4n) is 1.63. The Kier molecular flexibility index (Phi) is 4.19. The van der Waals surface area contributed by atoms with Crippen LogP contribution < -0.4 is 11.1 Å². The molecule has 2 rings (SSSR count). The lowest BCUT2D eigenvalue weighted by molar-refractivity contribution is 0.0985. The summed E-state index contributed by atoms with van der Waals surface area (Å²) in [6.07, 6.45) is 0.398. The van der Waals surface area contributed by atoms with Gasteiger partial charge in [-0.05, 0) is 17.8 Å². The highest BCUT2D eigenvalue weighted by Gasteiger charge is 2.13. The van der Waals surface area contributed by atoms with Crippen LogP contribution in [-0.4, -0.2) is 20.5 Å². The van der Waals surface area contributed by atoms with E-state index in [4.69, 9.17) is 0 Å². The van der Waals surface area contributed by atoms with Gasteiger partial charge in [0.25, 0.3) is 0 Å². The zero-order chi connectivity index (χ0) is 14.7. The van der Waals surface area contributed by atoms with Gasteiger partial charge in [-0.25, -0.2) is 0 Å². The van der Waals surface area contributed by atoms with Crippen LogP contribution in [0.5, 0.6) is 0 Å². The lowest BCUT2D eigenvalue weighted by atomic mass is 10.1. The van der Waals surface area contributed by atoms with Crippen LogP contribution in [0.1, 0.15) is 23.7 Å². The van der Waals surface area contributed by atoms with Gasteiger partial charge in [0, 0.05) is 23.9 Å². The van der Waals surface area contributed by atoms with E-state index in [1.165, 1.54) is 16.4 Å². The third-order valence-corrected chi connectivity index (χ3v) is 3.78. The molecule has 0 saturated carbocycles. The topological polar surface area (TPSA) is 84.8 Å². The number of benzene rings is 1. The molecule has 0 aliphatic carbocycles. The second-order valence-electron chi connectivity index (χ2n) is 4.07. The van der Waals surface area contributed by atoms with Crippen LogP contribution in [0.15, 0.2) is 43.9 Å². The average Bonchev–Trinajstić information content (AvgIpc) is 2.44. The number of rotatable bonds is 4. The van der Waals surface area contributed by atoms with Crippen molar-refractivity contribution in [2.75, 3.05) is 0 Å². The monoisotopic (exact) mass is 291 g/mol. The number of carbonyl (C=O) groups excluding carboxylic acids is 1. The molecule has 0 fully saturated rings. The first-order valence-corrected chi connectivity index (χ1v) is 6.82. The molecule has 0 unspecified atom stereocenters. The second kappa shape index (κ2) is 5.87. The normalized spacial score (nSPS) is 10.5. The predicted molar refractivity (Wildman–Crippen MR) is 75.3 cm³/mol. The molecule has 0 radical (unpaired) electrons. The van der Waals surface area contributed by atoms with Crippen molar-refractivity contribution in [1.29, 1.82) is 0 Å². The van der Waals surface area contributed by atoms with Crippen LogP contribution in [-0.2, 0) is 7.05 Å². The molecule has 0 spiro atoms. The summed E-state index contributed by atoms with van der Waals surface area (Å²) < 4.78 is 1.36. The summed E-state index contributed by atoms with van der Waals surface area (Å²) in [5, 5.41) is 2.70. The summed E-state index contributed by atoms with van der Waals surface area (Å²) in [6, 6.07) is 7.10. The molecule has 0 aliphatic rings. The Balaban J connectivity index is 2.46. The second-order valence-corrected chi connectivity index (χ2v) is 5.08. The van der Waals surface area contributed by atoms with Gasteiger partial charge < -0.3 is 0 Å². The van der Waals surface area contributed by atoms with Crippen LogP contribution in [0.2, 0.25) is 0 Å². The lowest BCUT2D eigenvalue weighted by Crippen LogP contribution is -2.33. The van der Waals surface area contributed by atoms with Gasteiger partial charge in [-0.2, -0.15) is 4.98 Å². The molecule has 6 nitrogen and oxygen atoms in total. The number of carbonyl (C=O) groups is 1. The number of hydrogen-bond donors (Lipinski definition) is 1. The summed E-state index contributed by atoms with van der Waals surface area (Å²) in [7, 11) is 1.58. The highest BCUT2D eigenvalue weighted by atomic mass is 32.2. The van der Waals surface area contributed by atoms with Gasteiger partial charge in [0.15, 0.2) is 10.9 Å². The van der Waals surface area contributed by atoms with E-state index in [2.05, 4.69) is 10.1 Å². The van der Waals surface area contributed by atoms with Gasteiger partial charge >= 0.3 is 11.1 Å². The van der Waals surface area contributed by atoms with Crippen molar-refractivity contribution in [3.8, 4) is 0 Å². The first kappa shape index (κ1) is 14.3. The van der Waals surface area contributed by atoms with E-state index in [0.717, 1.165) is 0 Å². The predicted octanol–water partition coefficient (Wildman–Crippen LogP) is 1.21. The first-order chi connectivity index (χ1) is 9.52. The van der Waals surface area contributed by atoms with E-state index in [9.17, 15) is 14.4 Å². The molecule has 1 aromatic carbocycles. The maximum atomic E-state index is 11.9. The summed E-state index contributed by atoms with van der Waals surface area (Å²) in [4.78, 5) is 38.7. The summed E-state index contributed by atoms with van der Waals surface area (Å²) in [6.45, 7) is 1.79. The van der Waals surface area contributed by atoms with Crippen LogP contribution in [0, 0.1) is 0 Å². The number of hydrogen-bond acceptors (Lipinski definition) is 5. The van der Waals surface area contributed by atoms with Crippen molar-refractivity contribution in [3.63, 3.8) is 0 Å². The van der Waals surface area contributed by atoms with Crippen molar-refractivity contribution >= 4 is 17.5 Å². The van der Waals surface area contributed by atoms with E-state index in [0.29, 0.717) is 22.0 Å². The van der Waals surface area contributed by atoms with Crippen LogP contribution >= 0.6 is 11.8 Å². The van der Waals surface area contributed by atoms with E-state index < -0.39 is 11.1 Å². The molecule has 7 heteroatoms. The Morgan fingerprint density at radius 2 is 2.05 bits per heavy atom.